The van der Waals surface area contributed by atoms with E-state index in [-0.39, 0.29) is 16.4 Å². The number of amides is 2. The molecule has 1 aromatic rings. The van der Waals surface area contributed by atoms with Crippen molar-refractivity contribution in [2.75, 3.05) is 32.5 Å². The molecule has 2 amide bonds. The number of hydrogen-bond donors (Lipinski definition) is 2. The number of nitro benzene ring substituents is 1. The zero-order valence-corrected chi connectivity index (χ0v) is 12.3. The highest BCUT2D eigenvalue weighted by Gasteiger charge is 2.17. The first-order valence-electron chi connectivity index (χ1n) is 5.99. The summed E-state index contributed by atoms with van der Waals surface area (Å²) in [6, 6.07) is 3.74. The van der Waals surface area contributed by atoms with Crippen molar-refractivity contribution < 1.29 is 14.5 Å². The Bertz CT molecular complexity index is 562. The summed E-state index contributed by atoms with van der Waals surface area (Å²) < 4.78 is 0. The van der Waals surface area contributed by atoms with Crippen LogP contribution in [0.1, 0.15) is 0 Å². The maximum absolute atomic E-state index is 11.6. The average Bonchev–Trinajstić information content (AvgIpc) is 2.40. The molecular formula is C12H15ClN4O4. The fourth-order valence-electron chi connectivity index (χ4n) is 1.39. The molecule has 9 heteroatoms. The Balaban J connectivity index is 2.64. The molecule has 0 aliphatic carbocycles. The number of halogens is 1. The van der Waals surface area contributed by atoms with Gasteiger partial charge in [0.05, 0.1) is 4.92 Å². The quantitative estimate of drug-likeness (QED) is 0.476. The van der Waals surface area contributed by atoms with Gasteiger partial charge in [-0.1, -0.05) is 11.6 Å². The van der Waals surface area contributed by atoms with Gasteiger partial charge in [-0.2, -0.15) is 0 Å². The number of rotatable bonds is 5. The average molecular weight is 315 g/mol. The molecule has 0 saturated carbocycles. The molecule has 8 nitrogen and oxygen atoms in total. The number of nitro groups is 1. The molecule has 0 spiro atoms. The van der Waals surface area contributed by atoms with E-state index in [2.05, 4.69) is 10.6 Å². The largest absolute Gasteiger partial charge is 0.347 e. The lowest BCUT2D eigenvalue weighted by atomic mass is 10.2. The second-order valence-electron chi connectivity index (χ2n) is 4.44. The Kier molecular flexibility index (Phi) is 6.07. The molecule has 2 N–H and O–H groups in total. The van der Waals surface area contributed by atoms with Crippen molar-refractivity contribution in [2.24, 2.45) is 0 Å². The molecule has 0 fully saturated rings. The van der Waals surface area contributed by atoms with E-state index in [4.69, 9.17) is 11.6 Å². The van der Waals surface area contributed by atoms with Crippen LogP contribution in [0.25, 0.3) is 0 Å². The van der Waals surface area contributed by atoms with Gasteiger partial charge in [0.2, 0.25) is 0 Å². The van der Waals surface area contributed by atoms with E-state index in [0.29, 0.717) is 13.1 Å². The van der Waals surface area contributed by atoms with E-state index >= 15 is 0 Å². The normalized spacial score (nSPS) is 10.3. The molecule has 1 aromatic carbocycles. The van der Waals surface area contributed by atoms with Gasteiger partial charge in [0.15, 0.2) is 0 Å². The van der Waals surface area contributed by atoms with Crippen LogP contribution >= 0.6 is 11.6 Å². The molecular weight excluding hydrogens is 300 g/mol. The Morgan fingerprint density at radius 2 is 2.00 bits per heavy atom. The molecule has 0 heterocycles. The first-order chi connectivity index (χ1) is 9.81. The Morgan fingerprint density at radius 3 is 2.57 bits per heavy atom. The van der Waals surface area contributed by atoms with Crippen molar-refractivity contribution in [1.82, 2.24) is 10.2 Å². The van der Waals surface area contributed by atoms with Gasteiger partial charge >= 0.3 is 11.8 Å². The molecule has 0 aliphatic heterocycles. The van der Waals surface area contributed by atoms with Crippen LogP contribution in [0.15, 0.2) is 18.2 Å². The van der Waals surface area contributed by atoms with Crippen molar-refractivity contribution in [3.63, 3.8) is 0 Å². The summed E-state index contributed by atoms with van der Waals surface area (Å²) in [6.07, 6.45) is 0. The highest BCUT2D eigenvalue weighted by Crippen LogP contribution is 2.27. The zero-order valence-electron chi connectivity index (χ0n) is 11.6. The molecule has 0 bridgehead atoms. The number of hydrogen-bond acceptors (Lipinski definition) is 5. The molecule has 21 heavy (non-hydrogen) atoms. The van der Waals surface area contributed by atoms with Gasteiger partial charge in [0.1, 0.15) is 5.02 Å². The molecule has 0 atom stereocenters. The van der Waals surface area contributed by atoms with Crippen LogP contribution < -0.4 is 10.6 Å². The van der Waals surface area contributed by atoms with Crippen LogP contribution in [0.3, 0.4) is 0 Å². The SMILES string of the molecule is CN(C)CCNC(=O)C(=O)Nc1ccc(Cl)c([N+](=O)[O-])c1. The lowest BCUT2D eigenvalue weighted by molar-refractivity contribution is -0.384. The van der Waals surface area contributed by atoms with Crippen LogP contribution in [0, 0.1) is 10.1 Å². The summed E-state index contributed by atoms with van der Waals surface area (Å²) in [4.78, 5) is 35.0. The topological polar surface area (TPSA) is 105 Å². The Hall–Kier alpha value is -2.19. The van der Waals surface area contributed by atoms with E-state index in [0.717, 1.165) is 6.07 Å². The number of carbonyl (C=O) groups is 2. The smallest absolute Gasteiger partial charge is 0.313 e. The van der Waals surface area contributed by atoms with Gasteiger partial charge < -0.3 is 15.5 Å². The first-order valence-corrected chi connectivity index (χ1v) is 6.37. The minimum atomic E-state index is -0.898. The Labute approximate surface area is 126 Å². The van der Waals surface area contributed by atoms with E-state index in [9.17, 15) is 19.7 Å². The maximum Gasteiger partial charge on any atom is 0.313 e. The van der Waals surface area contributed by atoms with E-state index in [1.54, 1.807) is 0 Å². The van der Waals surface area contributed by atoms with Gasteiger partial charge in [0, 0.05) is 24.8 Å². The van der Waals surface area contributed by atoms with E-state index < -0.39 is 16.7 Å². The lowest BCUT2D eigenvalue weighted by Gasteiger charge is -2.10. The van der Waals surface area contributed by atoms with Gasteiger partial charge in [0.25, 0.3) is 5.69 Å². The molecule has 0 aliphatic rings. The van der Waals surface area contributed by atoms with Crippen molar-refractivity contribution in [1.29, 1.82) is 0 Å². The summed E-state index contributed by atoms with van der Waals surface area (Å²) in [5.41, 5.74) is -0.221. The van der Waals surface area contributed by atoms with Gasteiger partial charge in [-0.25, -0.2) is 0 Å². The number of nitrogens with one attached hydrogen (secondary N) is 2. The molecule has 0 radical (unpaired) electrons. The monoisotopic (exact) mass is 314 g/mol. The van der Waals surface area contributed by atoms with E-state index in [1.165, 1.54) is 12.1 Å². The van der Waals surface area contributed by atoms with Crippen molar-refractivity contribution in [3.8, 4) is 0 Å². The van der Waals surface area contributed by atoms with Crippen molar-refractivity contribution >= 4 is 34.8 Å². The highest BCUT2D eigenvalue weighted by atomic mass is 35.5. The third kappa shape index (κ3) is 5.36. The zero-order chi connectivity index (χ0) is 16.0. The molecule has 0 unspecified atom stereocenters. The van der Waals surface area contributed by atoms with Crippen molar-refractivity contribution in [2.45, 2.75) is 0 Å². The Morgan fingerprint density at radius 1 is 1.33 bits per heavy atom. The van der Waals surface area contributed by atoms with Gasteiger partial charge in [-0.15, -0.1) is 0 Å². The summed E-state index contributed by atoms with van der Waals surface area (Å²) in [5.74, 6) is -1.71. The number of anilines is 1. The summed E-state index contributed by atoms with van der Waals surface area (Å²) in [6.45, 7) is 0.908. The molecule has 114 valence electrons. The van der Waals surface area contributed by atoms with Crippen LogP contribution in [0.5, 0.6) is 0 Å². The fourth-order valence-corrected chi connectivity index (χ4v) is 1.58. The summed E-state index contributed by atoms with van der Waals surface area (Å²) in [5, 5.41) is 15.4. The minimum absolute atomic E-state index is 0.0477. The third-order valence-electron chi connectivity index (χ3n) is 2.45. The van der Waals surface area contributed by atoms with Crippen LogP contribution in [0.2, 0.25) is 5.02 Å². The second kappa shape index (κ2) is 7.55. The standard InChI is InChI=1S/C12H15ClN4O4/c1-16(2)6-5-14-11(18)12(19)15-8-3-4-9(13)10(7-8)17(20)21/h3-4,7H,5-6H2,1-2H3,(H,14,18)(H,15,19). The number of benzene rings is 1. The maximum atomic E-state index is 11.6. The predicted molar refractivity (Wildman–Crippen MR) is 78.3 cm³/mol. The number of nitrogens with zero attached hydrogens (tertiary/aromatic N) is 2. The fraction of sp³-hybridized carbons (Fsp3) is 0.333. The summed E-state index contributed by atoms with van der Waals surface area (Å²) >= 11 is 5.65. The number of carbonyl (C=O) groups excluding carboxylic acids is 2. The van der Waals surface area contributed by atoms with Crippen molar-refractivity contribution in [3.05, 3.63) is 33.3 Å². The molecule has 0 saturated heterocycles. The number of likely N-dealkylation sites (N-methyl/N-ethyl adjacent to an activating group) is 1. The minimum Gasteiger partial charge on any atom is -0.347 e. The van der Waals surface area contributed by atoms with Gasteiger partial charge in [-0.3, -0.25) is 19.7 Å². The highest BCUT2D eigenvalue weighted by molar-refractivity contribution is 6.39. The van der Waals surface area contributed by atoms with Crippen LogP contribution in [0.4, 0.5) is 11.4 Å². The van der Waals surface area contributed by atoms with Crippen LogP contribution in [-0.2, 0) is 9.59 Å². The van der Waals surface area contributed by atoms with Gasteiger partial charge in [-0.05, 0) is 26.2 Å². The first kappa shape index (κ1) is 16.9. The predicted octanol–water partition coefficient (Wildman–Crippen LogP) is 0.865. The molecule has 0 aromatic heterocycles. The third-order valence-corrected chi connectivity index (χ3v) is 2.77. The lowest BCUT2D eigenvalue weighted by Crippen LogP contribution is -2.38. The second-order valence-corrected chi connectivity index (χ2v) is 4.84. The van der Waals surface area contributed by atoms with Crippen LogP contribution in [-0.4, -0.2) is 48.8 Å². The summed E-state index contributed by atoms with van der Waals surface area (Å²) in [7, 11) is 3.66. The van der Waals surface area contributed by atoms with E-state index in [1.807, 2.05) is 19.0 Å². The molecule has 1 rings (SSSR count).